The predicted octanol–water partition coefficient (Wildman–Crippen LogP) is 4.72. The number of fused-ring (bicyclic) bond motifs is 2. The van der Waals surface area contributed by atoms with Crippen LogP contribution in [0.25, 0.3) is 33.4 Å². The molecular formula is C28H31N2O4+. The van der Waals surface area contributed by atoms with Gasteiger partial charge in [0.15, 0.2) is 6.54 Å². The number of aromatic carboxylic acids is 1. The van der Waals surface area contributed by atoms with Crippen LogP contribution in [0.2, 0.25) is 0 Å². The number of carboxylic acid groups (broad SMARTS) is 1. The molecule has 4 rings (SSSR count). The molecule has 1 N–H and O–H groups in total. The molecule has 2 aliphatic rings. The van der Waals surface area contributed by atoms with Gasteiger partial charge in [-0.15, -0.1) is 0 Å². The Hall–Kier alpha value is -3.64. The number of carbonyl (C=O) groups is 1. The largest absolute Gasteiger partial charge is 0.478 e. The second-order valence-electron chi connectivity index (χ2n) is 8.66. The highest BCUT2D eigenvalue weighted by Crippen LogP contribution is 2.42. The van der Waals surface area contributed by atoms with Crippen molar-refractivity contribution in [3.8, 4) is 22.5 Å². The van der Waals surface area contributed by atoms with Crippen molar-refractivity contribution in [3.05, 3.63) is 71.1 Å². The monoisotopic (exact) mass is 459 g/mol. The first-order chi connectivity index (χ1) is 16.3. The Labute approximate surface area is 199 Å². The quantitative estimate of drug-likeness (QED) is 0.246. The van der Waals surface area contributed by atoms with Crippen LogP contribution in [0.5, 0.6) is 0 Å². The lowest BCUT2D eigenvalue weighted by molar-refractivity contribution is 0.0697. The SMILES string of the molecule is CCOCC/[N+](C)=c1/cc2oc3cc(N(C)C)ccc3c(-c3ccccc3C(=O)O)c-2cc1C. The smallest absolute Gasteiger partial charge is 0.336 e. The van der Waals surface area contributed by atoms with Gasteiger partial charge in [0.2, 0.25) is 5.36 Å². The van der Waals surface area contributed by atoms with Crippen molar-refractivity contribution >= 4 is 22.6 Å². The minimum absolute atomic E-state index is 0.267. The van der Waals surface area contributed by atoms with Gasteiger partial charge < -0.3 is 19.2 Å². The summed E-state index contributed by atoms with van der Waals surface area (Å²) in [4.78, 5) is 14.1. The van der Waals surface area contributed by atoms with Gasteiger partial charge in [0.25, 0.3) is 0 Å². The highest BCUT2D eigenvalue weighted by Gasteiger charge is 2.23. The van der Waals surface area contributed by atoms with E-state index in [1.165, 1.54) is 0 Å². The lowest BCUT2D eigenvalue weighted by Gasteiger charge is -2.19. The van der Waals surface area contributed by atoms with E-state index in [2.05, 4.69) is 17.6 Å². The molecule has 0 saturated carbocycles. The molecule has 1 aliphatic carbocycles. The number of hydrogen-bond acceptors (Lipinski definition) is 4. The number of nitrogens with zero attached hydrogens (tertiary/aromatic N) is 2. The number of aryl methyl sites for hydroxylation is 1. The third-order valence-electron chi connectivity index (χ3n) is 6.15. The normalized spacial score (nSPS) is 12.3. The van der Waals surface area contributed by atoms with Crippen LogP contribution in [0.15, 0.2) is 59.0 Å². The molecule has 1 heterocycles. The van der Waals surface area contributed by atoms with Crippen LogP contribution in [0.3, 0.4) is 0 Å². The third kappa shape index (κ3) is 4.41. The summed E-state index contributed by atoms with van der Waals surface area (Å²) in [6.07, 6.45) is 0. The summed E-state index contributed by atoms with van der Waals surface area (Å²) in [5.74, 6) is -0.242. The molecule has 34 heavy (non-hydrogen) atoms. The van der Waals surface area contributed by atoms with E-state index in [4.69, 9.17) is 9.15 Å². The van der Waals surface area contributed by atoms with Crippen molar-refractivity contribution in [1.82, 2.24) is 4.58 Å². The van der Waals surface area contributed by atoms with E-state index < -0.39 is 5.97 Å². The molecule has 2 aromatic carbocycles. The highest BCUT2D eigenvalue weighted by atomic mass is 16.5. The first-order valence-corrected chi connectivity index (χ1v) is 11.4. The Morgan fingerprint density at radius 1 is 1.09 bits per heavy atom. The van der Waals surface area contributed by atoms with Gasteiger partial charge in [-0.05, 0) is 43.7 Å². The van der Waals surface area contributed by atoms with Crippen molar-refractivity contribution in [3.63, 3.8) is 0 Å². The Morgan fingerprint density at radius 2 is 1.85 bits per heavy atom. The topological polar surface area (TPSA) is 65.9 Å². The average molecular weight is 460 g/mol. The summed E-state index contributed by atoms with van der Waals surface area (Å²) in [7, 11) is 6.01. The molecule has 0 spiro atoms. The Morgan fingerprint density at radius 3 is 2.56 bits per heavy atom. The maximum atomic E-state index is 12.1. The molecule has 0 fully saturated rings. The number of ether oxygens (including phenoxy) is 1. The van der Waals surface area contributed by atoms with Crippen LogP contribution in [0.4, 0.5) is 5.69 Å². The van der Waals surface area contributed by atoms with Crippen molar-refractivity contribution in [2.75, 3.05) is 45.8 Å². The fourth-order valence-electron chi connectivity index (χ4n) is 4.36. The van der Waals surface area contributed by atoms with Gasteiger partial charge >= 0.3 is 5.97 Å². The van der Waals surface area contributed by atoms with E-state index in [9.17, 15) is 9.90 Å². The minimum Gasteiger partial charge on any atom is -0.478 e. The van der Waals surface area contributed by atoms with Gasteiger partial charge in [-0.1, -0.05) is 18.2 Å². The Balaban J connectivity index is 2.09. The van der Waals surface area contributed by atoms with E-state index >= 15 is 0 Å². The number of anilines is 1. The summed E-state index contributed by atoms with van der Waals surface area (Å²) in [5, 5.41) is 11.8. The van der Waals surface area contributed by atoms with Gasteiger partial charge in [-0.2, -0.15) is 0 Å². The van der Waals surface area contributed by atoms with Crippen LogP contribution < -0.4 is 14.8 Å². The van der Waals surface area contributed by atoms with Crippen molar-refractivity contribution in [1.29, 1.82) is 0 Å². The molecule has 0 atom stereocenters. The summed E-state index contributed by atoms with van der Waals surface area (Å²) in [6.45, 7) is 6.14. The van der Waals surface area contributed by atoms with E-state index in [1.807, 2.05) is 69.4 Å². The molecule has 0 unspecified atom stereocenters. The molecule has 0 saturated heterocycles. The zero-order valence-electron chi connectivity index (χ0n) is 20.4. The fraction of sp³-hybridized carbons (Fsp3) is 0.286. The van der Waals surface area contributed by atoms with Gasteiger partial charge in [-0.3, -0.25) is 0 Å². The molecule has 6 heteroatoms. The second-order valence-corrected chi connectivity index (χ2v) is 8.66. The van der Waals surface area contributed by atoms with Crippen LogP contribution in [0, 0.1) is 6.92 Å². The Bertz CT molecular complexity index is 1400. The average Bonchev–Trinajstić information content (AvgIpc) is 2.82. The van der Waals surface area contributed by atoms with E-state index in [0.29, 0.717) is 30.1 Å². The van der Waals surface area contributed by atoms with E-state index in [1.54, 1.807) is 12.1 Å². The molecule has 0 amide bonds. The highest BCUT2D eigenvalue weighted by molar-refractivity contribution is 6.07. The number of benzene rings is 3. The molecule has 2 aromatic rings. The maximum absolute atomic E-state index is 12.1. The van der Waals surface area contributed by atoms with Gasteiger partial charge in [0, 0.05) is 54.5 Å². The predicted molar refractivity (Wildman–Crippen MR) is 137 cm³/mol. The lowest BCUT2D eigenvalue weighted by Crippen LogP contribution is -2.31. The number of carboxylic acids is 1. The molecule has 0 aromatic heterocycles. The number of hydrogen-bond donors (Lipinski definition) is 1. The summed E-state index contributed by atoms with van der Waals surface area (Å²) in [6, 6.07) is 17.3. The molecule has 0 bridgehead atoms. The van der Waals surface area contributed by atoms with Crippen LogP contribution in [0.1, 0.15) is 22.8 Å². The molecule has 176 valence electrons. The molecule has 1 aliphatic heterocycles. The van der Waals surface area contributed by atoms with Gasteiger partial charge in [0.1, 0.15) is 25.0 Å². The first kappa shape index (κ1) is 23.5. The van der Waals surface area contributed by atoms with Crippen molar-refractivity contribution in [2.24, 2.45) is 0 Å². The third-order valence-corrected chi connectivity index (χ3v) is 6.15. The van der Waals surface area contributed by atoms with Crippen LogP contribution in [-0.2, 0) is 4.74 Å². The zero-order chi connectivity index (χ0) is 24.4. The molecule has 6 nitrogen and oxygen atoms in total. The summed E-state index contributed by atoms with van der Waals surface area (Å²) in [5.41, 5.74) is 5.50. The Kier molecular flexibility index (Phi) is 6.70. The van der Waals surface area contributed by atoms with E-state index in [0.717, 1.165) is 39.7 Å². The number of likely N-dealkylation sites (N-methyl/N-ethyl adjacent to an activating group) is 1. The zero-order valence-corrected chi connectivity index (χ0v) is 20.4. The van der Waals surface area contributed by atoms with E-state index in [-0.39, 0.29) is 5.56 Å². The fourth-order valence-corrected chi connectivity index (χ4v) is 4.36. The first-order valence-electron chi connectivity index (χ1n) is 11.4. The van der Waals surface area contributed by atoms with Gasteiger partial charge in [0.05, 0.1) is 11.6 Å². The second kappa shape index (κ2) is 9.69. The van der Waals surface area contributed by atoms with Gasteiger partial charge in [-0.25, -0.2) is 9.37 Å². The van der Waals surface area contributed by atoms with Crippen LogP contribution in [-0.4, -0.2) is 52.0 Å². The van der Waals surface area contributed by atoms with Crippen molar-refractivity contribution in [2.45, 2.75) is 13.8 Å². The standard InChI is InChI=1S/C28H30N2O4/c1-6-33-14-13-30(5)24-17-26-23(15-18(24)2)27(20-9-7-8-10-21(20)28(31)32)22-12-11-19(29(3)4)16-25(22)34-26/h7-12,15-17H,6,13-14H2,1-5H3/p+1. The molecule has 0 radical (unpaired) electrons. The summed E-state index contributed by atoms with van der Waals surface area (Å²) >= 11 is 0. The maximum Gasteiger partial charge on any atom is 0.336 e. The van der Waals surface area contributed by atoms with Crippen molar-refractivity contribution < 1.29 is 19.1 Å². The minimum atomic E-state index is -0.952. The summed E-state index contributed by atoms with van der Waals surface area (Å²) < 4.78 is 14.1. The van der Waals surface area contributed by atoms with Crippen LogP contribution >= 0.6 is 0 Å². The number of rotatable bonds is 7. The molecular weight excluding hydrogens is 428 g/mol. The lowest BCUT2D eigenvalue weighted by atomic mass is 9.90.